The van der Waals surface area contributed by atoms with Crippen LogP contribution in [0, 0.1) is 0 Å². The van der Waals surface area contributed by atoms with Crippen molar-refractivity contribution in [2.45, 2.75) is 26.3 Å². The monoisotopic (exact) mass is 200 g/mol. The second kappa shape index (κ2) is 4.30. The van der Waals surface area contributed by atoms with Crippen LogP contribution in [0.25, 0.3) is 10.9 Å². The fourth-order valence-corrected chi connectivity index (χ4v) is 1.60. The average molecular weight is 200 g/mol. The van der Waals surface area contributed by atoms with Gasteiger partial charge in [-0.25, -0.2) is 0 Å². The molecule has 1 atom stereocenters. The van der Waals surface area contributed by atoms with Crippen molar-refractivity contribution in [1.29, 1.82) is 0 Å². The first-order valence-electron chi connectivity index (χ1n) is 5.41. The van der Waals surface area contributed by atoms with E-state index < -0.39 is 0 Å². The Morgan fingerprint density at radius 1 is 1.27 bits per heavy atom. The van der Waals surface area contributed by atoms with Gasteiger partial charge < -0.3 is 5.32 Å². The van der Waals surface area contributed by atoms with E-state index in [0.717, 1.165) is 11.9 Å². The molecule has 2 aromatic rings. The lowest BCUT2D eigenvalue weighted by Gasteiger charge is -2.14. The molecule has 0 radical (unpaired) electrons. The summed E-state index contributed by atoms with van der Waals surface area (Å²) in [5.74, 6) is 0. The van der Waals surface area contributed by atoms with E-state index in [1.165, 1.54) is 11.1 Å². The summed E-state index contributed by atoms with van der Waals surface area (Å²) in [5, 5.41) is 4.69. The molecule has 15 heavy (non-hydrogen) atoms. The van der Waals surface area contributed by atoms with Crippen LogP contribution in [0.5, 0.6) is 0 Å². The molecule has 0 bridgehead atoms. The average Bonchev–Trinajstić information content (AvgIpc) is 2.29. The number of hydrogen-bond acceptors (Lipinski definition) is 2. The third kappa shape index (κ3) is 2.09. The molecule has 0 aliphatic carbocycles. The van der Waals surface area contributed by atoms with Gasteiger partial charge in [0.15, 0.2) is 0 Å². The number of rotatable bonds is 3. The summed E-state index contributed by atoms with van der Waals surface area (Å²) in [6.45, 7) is 4.37. The van der Waals surface area contributed by atoms with Crippen molar-refractivity contribution in [3.63, 3.8) is 0 Å². The van der Waals surface area contributed by atoms with Gasteiger partial charge >= 0.3 is 0 Å². The zero-order chi connectivity index (χ0) is 10.7. The Bertz CT molecular complexity index is 446. The third-order valence-corrected chi connectivity index (χ3v) is 2.66. The van der Waals surface area contributed by atoms with Crippen LogP contribution < -0.4 is 5.32 Å². The van der Waals surface area contributed by atoms with Gasteiger partial charge in [-0.2, -0.15) is 0 Å². The maximum atomic E-state index is 4.33. The molecule has 1 aromatic heterocycles. The SMILES string of the molecule is CC[C@@H](C)Nc1cccc2ncccc12. The predicted molar refractivity (Wildman–Crippen MR) is 65.1 cm³/mol. The Hall–Kier alpha value is -1.57. The largest absolute Gasteiger partial charge is 0.382 e. The van der Waals surface area contributed by atoms with E-state index in [-0.39, 0.29) is 0 Å². The molecule has 2 nitrogen and oxygen atoms in total. The van der Waals surface area contributed by atoms with E-state index in [0.29, 0.717) is 6.04 Å². The van der Waals surface area contributed by atoms with E-state index >= 15 is 0 Å². The molecule has 0 saturated heterocycles. The molecular formula is C13H16N2. The molecule has 0 aliphatic rings. The van der Waals surface area contributed by atoms with E-state index in [1.54, 1.807) is 0 Å². The maximum absolute atomic E-state index is 4.33. The third-order valence-electron chi connectivity index (χ3n) is 2.66. The second-order valence-corrected chi connectivity index (χ2v) is 3.83. The van der Waals surface area contributed by atoms with Crippen LogP contribution in [0.2, 0.25) is 0 Å². The zero-order valence-electron chi connectivity index (χ0n) is 9.20. The van der Waals surface area contributed by atoms with Crippen LogP contribution in [-0.2, 0) is 0 Å². The van der Waals surface area contributed by atoms with Crippen molar-refractivity contribution in [3.8, 4) is 0 Å². The van der Waals surface area contributed by atoms with Gasteiger partial charge in [-0.15, -0.1) is 0 Å². The summed E-state index contributed by atoms with van der Waals surface area (Å²) in [4.78, 5) is 4.33. The Morgan fingerprint density at radius 2 is 2.13 bits per heavy atom. The fraction of sp³-hybridized carbons (Fsp3) is 0.308. The van der Waals surface area contributed by atoms with Gasteiger partial charge in [-0.1, -0.05) is 13.0 Å². The molecule has 0 spiro atoms. The Kier molecular flexibility index (Phi) is 2.86. The number of aromatic nitrogens is 1. The first-order valence-corrected chi connectivity index (χ1v) is 5.41. The Balaban J connectivity index is 2.42. The summed E-state index contributed by atoms with van der Waals surface area (Å²) in [6.07, 6.45) is 2.95. The van der Waals surface area contributed by atoms with Gasteiger partial charge in [0.2, 0.25) is 0 Å². The van der Waals surface area contributed by atoms with Crippen molar-refractivity contribution in [1.82, 2.24) is 4.98 Å². The van der Waals surface area contributed by atoms with Gasteiger partial charge in [0.25, 0.3) is 0 Å². The Morgan fingerprint density at radius 3 is 2.93 bits per heavy atom. The minimum Gasteiger partial charge on any atom is -0.382 e. The molecule has 1 aromatic carbocycles. The molecular weight excluding hydrogens is 184 g/mol. The molecule has 0 saturated carbocycles. The standard InChI is InChI=1S/C13H16N2/c1-3-10(2)15-13-8-4-7-12-11(13)6-5-9-14-12/h4-10,15H,3H2,1-2H3/t10-/m1/s1. The molecule has 2 rings (SSSR count). The predicted octanol–water partition coefficient (Wildman–Crippen LogP) is 3.45. The molecule has 1 heterocycles. The molecule has 0 fully saturated rings. The number of fused-ring (bicyclic) bond motifs is 1. The van der Waals surface area contributed by atoms with E-state index in [2.05, 4.69) is 36.3 Å². The number of benzene rings is 1. The van der Waals surface area contributed by atoms with Crippen LogP contribution in [0.15, 0.2) is 36.5 Å². The summed E-state index contributed by atoms with van der Waals surface area (Å²) in [6, 6.07) is 10.8. The van der Waals surface area contributed by atoms with Crippen molar-refractivity contribution >= 4 is 16.6 Å². The second-order valence-electron chi connectivity index (χ2n) is 3.83. The van der Waals surface area contributed by atoms with Gasteiger partial charge in [0, 0.05) is 23.3 Å². The number of nitrogens with one attached hydrogen (secondary N) is 1. The van der Waals surface area contributed by atoms with Crippen molar-refractivity contribution < 1.29 is 0 Å². The van der Waals surface area contributed by atoms with Crippen molar-refractivity contribution in [3.05, 3.63) is 36.5 Å². The molecule has 0 aliphatic heterocycles. The molecule has 1 N–H and O–H groups in total. The van der Waals surface area contributed by atoms with Crippen LogP contribution in [0.4, 0.5) is 5.69 Å². The minimum atomic E-state index is 0.496. The van der Waals surface area contributed by atoms with E-state index in [1.807, 2.05) is 24.4 Å². The minimum absolute atomic E-state index is 0.496. The molecule has 0 amide bonds. The number of anilines is 1. The molecule has 78 valence electrons. The summed E-state index contributed by atoms with van der Waals surface area (Å²) >= 11 is 0. The summed E-state index contributed by atoms with van der Waals surface area (Å²) < 4.78 is 0. The van der Waals surface area contributed by atoms with Gasteiger partial charge in [-0.05, 0) is 37.6 Å². The van der Waals surface area contributed by atoms with Crippen molar-refractivity contribution in [2.24, 2.45) is 0 Å². The fourth-order valence-electron chi connectivity index (χ4n) is 1.60. The molecule has 2 heteroatoms. The first-order chi connectivity index (χ1) is 7.31. The van der Waals surface area contributed by atoms with Gasteiger partial charge in [0.05, 0.1) is 5.52 Å². The van der Waals surface area contributed by atoms with Crippen LogP contribution >= 0.6 is 0 Å². The first kappa shape index (κ1) is 9.97. The Labute approximate surface area is 90.3 Å². The number of hydrogen-bond donors (Lipinski definition) is 1. The quantitative estimate of drug-likeness (QED) is 0.820. The molecule has 0 unspecified atom stereocenters. The van der Waals surface area contributed by atoms with Gasteiger partial charge in [-0.3, -0.25) is 4.98 Å². The lowest BCUT2D eigenvalue weighted by molar-refractivity contribution is 0.765. The number of pyridine rings is 1. The summed E-state index contributed by atoms with van der Waals surface area (Å²) in [7, 11) is 0. The highest BCUT2D eigenvalue weighted by Gasteiger charge is 2.03. The van der Waals surface area contributed by atoms with Crippen LogP contribution in [-0.4, -0.2) is 11.0 Å². The normalized spacial score (nSPS) is 12.7. The smallest absolute Gasteiger partial charge is 0.0722 e. The van der Waals surface area contributed by atoms with Crippen LogP contribution in [0.3, 0.4) is 0 Å². The maximum Gasteiger partial charge on any atom is 0.0722 e. The lowest BCUT2D eigenvalue weighted by Crippen LogP contribution is -2.13. The zero-order valence-corrected chi connectivity index (χ0v) is 9.20. The van der Waals surface area contributed by atoms with Crippen LogP contribution in [0.1, 0.15) is 20.3 Å². The van der Waals surface area contributed by atoms with E-state index in [9.17, 15) is 0 Å². The van der Waals surface area contributed by atoms with Gasteiger partial charge in [0.1, 0.15) is 0 Å². The highest BCUT2D eigenvalue weighted by Crippen LogP contribution is 2.22. The lowest BCUT2D eigenvalue weighted by atomic mass is 10.1. The number of nitrogens with zero attached hydrogens (tertiary/aromatic N) is 1. The highest BCUT2D eigenvalue weighted by atomic mass is 14.9. The highest BCUT2D eigenvalue weighted by molar-refractivity contribution is 5.91. The van der Waals surface area contributed by atoms with Crippen molar-refractivity contribution in [2.75, 3.05) is 5.32 Å². The van der Waals surface area contributed by atoms with E-state index in [4.69, 9.17) is 0 Å². The topological polar surface area (TPSA) is 24.9 Å². The summed E-state index contributed by atoms with van der Waals surface area (Å²) in [5.41, 5.74) is 2.22.